The number of nitrogen functional groups attached to an aromatic ring is 1. The highest BCUT2D eigenvalue weighted by molar-refractivity contribution is 6.35. The minimum atomic E-state index is -0.378. The standard InChI is InChI=1S/C25H19Cl2N5O/c1-13-7-8-17(9-14(13)2)29-25(33)21-22-24(31-20-6-4-3-5-19(20)30-22)32(23(21)28)18-11-15(26)10-16(27)12-18/h3-12H,28H2,1-2H3,(H,29,33). The van der Waals surface area contributed by atoms with E-state index in [1.165, 1.54) is 0 Å². The highest BCUT2D eigenvalue weighted by Gasteiger charge is 2.25. The molecule has 3 N–H and O–H groups in total. The van der Waals surface area contributed by atoms with Crippen molar-refractivity contribution in [3.8, 4) is 5.69 Å². The van der Waals surface area contributed by atoms with Crippen molar-refractivity contribution >= 4 is 62.8 Å². The predicted molar refractivity (Wildman–Crippen MR) is 135 cm³/mol. The summed E-state index contributed by atoms with van der Waals surface area (Å²) < 4.78 is 1.65. The van der Waals surface area contributed by atoms with E-state index >= 15 is 0 Å². The van der Waals surface area contributed by atoms with Crippen LogP contribution in [0.5, 0.6) is 0 Å². The highest BCUT2D eigenvalue weighted by Crippen LogP contribution is 2.33. The van der Waals surface area contributed by atoms with Crippen LogP contribution in [0.1, 0.15) is 21.5 Å². The lowest BCUT2D eigenvalue weighted by molar-refractivity contribution is 0.102. The number of aryl methyl sites for hydroxylation is 2. The van der Waals surface area contributed by atoms with E-state index in [0.29, 0.717) is 43.6 Å². The molecule has 2 aromatic heterocycles. The van der Waals surface area contributed by atoms with E-state index in [4.69, 9.17) is 38.9 Å². The van der Waals surface area contributed by atoms with Gasteiger partial charge in [-0.1, -0.05) is 41.4 Å². The van der Waals surface area contributed by atoms with E-state index in [2.05, 4.69) is 5.32 Å². The Morgan fingerprint density at radius 3 is 2.24 bits per heavy atom. The molecule has 0 atom stereocenters. The number of benzene rings is 3. The summed E-state index contributed by atoms with van der Waals surface area (Å²) in [5, 5.41) is 3.82. The molecule has 0 saturated heterocycles. The van der Waals surface area contributed by atoms with Gasteiger partial charge in [-0.2, -0.15) is 0 Å². The smallest absolute Gasteiger partial charge is 0.261 e. The van der Waals surface area contributed by atoms with Gasteiger partial charge in [-0.3, -0.25) is 9.36 Å². The zero-order chi connectivity index (χ0) is 23.3. The van der Waals surface area contributed by atoms with Gasteiger partial charge in [-0.15, -0.1) is 0 Å². The molecule has 8 heteroatoms. The van der Waals surface area contributed by atoms with Crippen LogP contribution in [0.4, 0.5) is 11.5 Å². The lowest BCUT2D eigenvalue weighted by Crippen LogP contribution is -2.14. The van der Waals surface area contributed by atoms with Crippen LogP contribution in [-0.2, 0) is 0 Å². The van der Waals surface area contributed by atoms with Crippen LogP contribution in [0.25, 0.3) is 27.9 Å². The number of hydrogen-bond acceptors (Lipinski definition) is 4. The summed E-state index contributed by atoms with van der Waals surface area (Å²) in [6.45, 7) is 4.01. The Bertz CT molecular complexity index is 1550. The van der Waals surface area contributed by atoms with Gasteiger partial charge in [0.2, 0.25) is 0 Å². The first-order chi connectivity index (χ1) is 15.8. The molecular weight excluding hydrogens is 457 g/mol. The first-order valence-corrected chi connectivity index (χ1v) is 11.0. The number of nitrogens with one attached hydrogen (secondary N) is 1. The fourth-order valence-electron chi connectivity index (χ4n) is 3.83. The number of fused-ring (bicyclic) bond motifs is 2. The fourth-order valence-corrected chi connectivity index (χ4v) is 4.34. The molecule has 2 heterocycles. The minimum Gasteiger partial charge on any atom is -0.384 e. The van der Waals surface area contributed by atoms with E-state index in [-0.39, 0.29) is 17.3 Å². The normalized spacial score (nSPS) is 11.3. The molecule has 0 aliphatic heterocycles. The Labute approximate surface area is 200 Å². The van der Waals surface area contributed by atoms with E-state index < -0.39 is 0 Å². The number of rotatable bonds is 3. The van der Waals surface area contributed by atoms with Crippen LogP contribution >= 0.6 is 23.2 Å². The third kappa shape index (κ3) is 3.77. The maximum Gasteiger partial charge on any atom is 0.261 e. The number of nitrogens with zero attached hydrogens (tertiary/aromatic N) is 3. The fraction of sp³-hybridized carbons (Fsp3) is 0.0800. The Kier molecular flexibility index (Phi) is 5.19. The highest BCUT2D eigenvalue weighted by atomic mass is 35.5. The third-order valence-corrected chi connectivity index (χ3v) is 6.03. The maximum absolute atomic E-state index is 13.4. The summed E-state index contributed by atoms with van der Waals surface area (Å²) in [6.07, 6.45) is 0. The van der Waals surface area contributed by atoms with Gasteiger partial charge >= 0.3 is 0 Å². The Morgan fingerprint density at radius 2 is 1.58 bits per heavy atom. The molecule has 0 spiro atoms. The van der Waals surface area contributed by atoms with Gasteiger partial charge < -0.3 is 11.1 Å². The van der Waals surface area contributed by atoms with Crippen molar-refractivity contribution in [2.75, 3.05) is 11.1 Å². The predicted octanol–water partition coefficient (Wildman–Crippen LogP) is 6.33. The third-order valence-electron chi connectivity index (χ3n) is 5.60. The van der Waals surface area contributed by atoms with Crippen molar-refractivity contribution < 1.29 is 4.79 Å². The summed E-state index contributed by atoms with van der Waals surface area (Å²) in [5.74, 6) is -0.183. The number of nitrogens with two attached hydrogens (primary N) is 1. The number of carbonyl (C=O) groups is 1. The number of anilines is 2. The van der Waals surface area contributed by atoms with E-state index in [1.54, 1.807) is 22.8 Å². The summed E-state index contributed by atoms with van der Waals surface area (Å²) >= 11 is 12.5. The maximum atomic E-state index is 13.4. The number of amides is 1. The van der Waals surface area contributed by atoms with Crippen molar-refractivity contribution in [1.29, 1.82) is 0 Å². The van der Waals surface area contributed by atoms with Crippen LogP contribution in [0.2, 0.25) is 10.0 Å². The second-order valence-corrected chi connectivity index (χ2v) is 8.73. The van der Waals surface area contributed by atoms with Crippen LogP contribution < -0.4 is 11.1 Å². The van der Waals surface area contributed by atoms with E-state index in [9.17, 15) is 4.79 Å². The lowest BCUT2D eigenvalue weighted by Gasteiger charge is -2.10. The van der Waals surface area contributed by atoms with Gasteiger partial charge in [-0.05, 0) is 67.4 Å². The van der Waals surface area contributed by atoms with E-state index in [0.717, 1.165) is 11.1 Å². The zero-order valence-corrected chi connectivity index (χ0v) is 19.4. The van der Waals surface area contributed by atoms with Crippen LogP contribution in [0.15, 0.2) is 60.7 Å². The van der Waals surface area contributed by atoms with E-state index in [1.807, 2.05) is 56.3 Å². The molecule has 164 valence electrons. The van der Waals surface area contributed by atoms with Crippen LogP contribution in [0, 0.1) is 13.8 Å². The number of para-hydroxylation sites is 2. The average molecular weight is 476 g/mol. The van der Waals surface area contributed by atoms with Gasteiger partial charge in [0.25, 0.3) is 5.91 Å². The minimum absolute atomic E-state index is 0.194. The molecule has 33 heavy (non-hydrogen) atoms. The first kappa shape index (κ1) is 21.2. The molecule has 5 aromatic rings. The molecule has 5 rings (SSSR count). The van der Waals surface area contributed by atoms with Crippen molar-refractivity contribution in [3.63, 3.8) is 0 Å². The topological polar surface area (TPSA) is 85.8 Å². The number of hydrogen-bond donors (Lipinski definition) is 2. The number of carbonyl (C=O) groups excluding carboxylic acids is 1. The van der Waals surface area contributed by atoms with Gasteiger partial charge in [-0.25, -0.2) is 9.97 Å². The average Bonchev–Trinajstić information content (AvgIpc) is 3.04. The second-order valence-electron chi connectivity index (χ2n) is 7.86. The van der Waals surface area contributed by atoms with Gasteiger partial charge in [0.1, 0.15) is 16.9 Å². The number of halogens is 2. The molecule has 6 nitrogen and oxygen atoms in total. The second kappa shape index (κ2) is 8.06. The molecule has 0 saturated carbocycles. The van der Waals surface area contributed by atoms with Gasteiger partial charge in [0, 0.05) is 15.7 Å². The van der Waals surface area contributed by atoms with Gasteiger partial charge in [0.05, 0.1) is 16.7 Å². The Balaban J connectivity index is 1.75. The van der Waals surface area contributed by atoms with Crippen LogP contribution in [-0.4, -0.2) is 20.4 Å². The largest absolute Gasteiger partial charge is 0.384 e. The summed E-state index contributed by atoms with van der Waals surface area (Å²) in [4.78, 5) is 22.9. The monoisotopic (exact) mass is 475 g/mol. The molecule has 0 radical (unpaired) electrons. The van der Waals surface area contributed by atoms with Crippen molar-refractivity contribution in [2.45, 2.75) is 13.8 Å². The molecule has 0 unspecified atom stereocenters. The summed E-state index contributed by atoms with van der Waals surface area (Å²) in [5.41, 5.74) is 12.4. The molecule has 3 aromatic carbocycles. The Morgan fingerprint density at radius 1 is 0.909 bits per heavy atom. The first-order valence-electron chi connectivity index (χ1n) is 10.2. The zero-order valence-electron chi connectivity index (χ0n) is 17.9. The molecule has 0 aliphatic rings. The quantitative estimate of drug-likeness (QED) is 0.319. The molecule has 0 fully saturated rings. The molecular formula is C25H19Cl2N5O. The summed E-state index contributed by atoms with van der Waals surface area (Å²) in [6, 6.07) is 18.2. The van der Waals surface area contributed by atoms with Gasteiger partial charge in [0.15, 0.2) is 5.65 Å². The molecule has 1 amide bonds. The molecule has 0 bridgehead atoms. The summed E-state index contributed by atoms with van der Waals surface area (Å²) in [7, 11) is 0. The number of aromatic nitrogens is 3. The molecule has 0 aliphatic carbocycles. The van der Waals surface area contributed by atoms with Crippen molar-refractivity contribution in [3.05, 3.63) is 87.4 Å². The van der Waals surface area contributed by atoms with Crippen LogP contribution in [0.3, 0.4) is 0 Å². The Hall–Kier alpha value is -3.61. The van der Waals surface area contributed by atoms with Crippen molar-refractivity contribution in [1.82, 2.24) is 14.5 Å². The lowest BCUT2D eigenvalue weighted by atomic mass is 10.1. The van der Waals surface area contributed by atoms with Crippen molar-refractivity contribution in [2.24, 2.45) is 0 Å². The SMILES string of the molecule is Cc1ccc(NC(=O)c2c(N)n(-c3cc(Cl)cc(Cl)c3)c3nc4ccccc4nc23)cc1C.